The highest BCUT2D eigenvalue weighted by Crippen LogP contribution is 2.43. The van der Waals surface area contributed by atoms with Crippen LogP contribution in [0.4, 0.5) is 0 Å². The number of phosphoric ester groups is 1. The zero-order valence-electron chi connectivity index (χ0n) is 37.6. The highest BCUT2D eigenvalue weighted by Gasteiger charge is 2.39. The van der Waals surface area contributed by atoms with Gasteiger partial charge in [0.2, 0.25) is 0 Å². The molecule has 0 spiro atoms. The van der Waals surface area contributed by atoms with Crippen molar-refractivity contribution in [2.75, 3.05) is 19.8 Å². The average Bonchev–Trinajstić information content (AvgIpc) is 3.49. The van der Waals surface area contributed by atoms with E-state index in [1.165, 1.54) is 102 Å². The van der Waals surface area contributed by atoms with Crippen molar-refractivity contribution in [1.29, 1.82) is 0 Å². The first-order chi connectivity index (χ1) is 29.3. The number of rotatable bonds is 40. The van der Waals surface area contributed by atoms with Crippen LogP contribution in [0.2, 0.25) is 0 Å². The molecular formula is C46H84NO13P. The summed E-state index contributed by atoms with van der Waals surface area (Å²) >= 11 is 0. The molecule has 1 saturated carbocycles. The van der Waals surface area contributed by atoms with Crippen LogP contribution in [0.25, 0.3) is 0 Å². The van der Waals surface area contributed by atoms with Crippen molar-refractivity contribution in [1.82, 2.24) is 0 Å². The number of carbonyl (C=O) groups is 3. The predicted octanol–water partition coefficient (Wildman–Crippen LogP) is 9.00. The molecule has 0 heterocycles. The maximum Gasteiger partial charge on any atom is 0.472 e. The first kappa shape index (κ1) is 56.9. The zero-order chi connectivity index (χ0) is 45.1. The van der Waals surface area contributed by atoms with Gasteiger partial charge in [0.15, 0.2) is 6.10 Å². The van der Waals surface area contributed by atoms with Gasteiger partial charge in [-0.25, -0.2) is 4.57 Å². The summed E-state index contributed by atoms with van der Waals surface area (Å²) in [5.74, 6) is -3.41. The van der Waals surface area contributed by atoms with Crippen LogP contribution >= 0.6 is 7.82 Å². The van der Waals surface area contributed by atoms with Gasteiger partial charge in [0.25, 0.3) is 0 Å². The third-order valence-corrected chi connectivity index (χ3v) is 12.3. The van der Waals surface area contributed by atoms with Crippen LogP contribution in [-0.2, 0) is 37.5 Å². The molecule has 0 aromatic rings. The van der Waals surface area contributed by atoms with Crippen molar-refractivity contribution in [2.45, 2.75) is 218 Å². The van der Waals surface area contributed by atoms with Gasteiger partial charge < -0.3 is 40.5 Å². The van der Waals surface area contributed by atoms with Crippen LogP contribution in [0.1, 0.15) is 187 Å². The predicted molar refractivity (Wildman–Crippen MR) is 237 cm³/mol. The van der Waals surface area contributed by atoms with E-state index in [-0.39, 0.29) is 31.1 Å². The molecule has 61 heavy (non-hydrogen) atoms. The Morgan fingerprint density at radius 3 is 1.75 bits per heavy atom. The number of unbranched alkanes of at least 4 members (excludes halogenated alkanes) is 20. The van der Waals surface area contributed by atoms with Crippen molar-refractivity contribution in [2.24, 2.45) is 17.6 Å². The van der Waals surface area contributed by atoms with Gasteiger partial charge >= 0.3 is 25.7 Å². The average molecular weight is 890 g/mol. The SMILES string of the molecule is CCCCCCCCCCCCCCCCCCCCCC(=O)OC[C@H](COP(=O)(O)OC[C@H](N)C(=O)O)OC(=O)C/C=C\C[C@H]1[C@@H](/C=C/[C@H](O)CCCCC)[C@H](O)C[C@@H]1O. The van der Waals surface area contributed by atoms with E-state index in [0.717, 1.165) is 38.5 Å². The van der Waals surface area contributed by atoms with Crippen molar-refractivity contribution in [3.05, 3.63) is 24.3 Å². The molecule has 0 aliphatic heterocycles. The summed E-state index contributed by atoms with van der Waals surface area (Å²) in [5.41, 5.74) is 5.33. The van der Waals surface area contributed by atoms with E-state index in [2.05, 4.69) is 18.4 Å². The Bertz CT molecular complexity index is 1250. The largest absolute Gasteiger partial charge is 0.480 e. The number of allylic oxidation sites excluding steroid dienone is 1. The number of aliphatic carboxylic acids is 1. The van der Waals surface area contributed by atoms with Crippen molar-refractivity contribution in [3.8, 4) is 0 Å². The maximum atomic E-state index is 12.8. The number of carboxylic acid groups (broad SMARTS) is 1. The van der Waals surface area contributed by atoms with E-state index in [1.807, 2.05) is 0 Å². The summed E-state index contributed by atoms with van der Waals surface area (Å²) in [4.78, 5) is 46.3. The zero-order valence-corrected chi connectivity index (χ0v) is 38.5. The van der Waals surface area contributed by atoms with Crippen molar-refractivity contribution < 1.29 is 62.8 Å². The second-order valence-electron chi connectivity index (χ2n) is 16.9. The van der Waals surface area contributed by atoms with Gasteiger partial charge in [-0.2, -0.15) is 0 Å². The first-order valence-corrected chi connectivity index (χ1v) is 25.1. The van der Waals surface area contributed by atoms with Gasteiger partial charge in [0.05, 0.1) is 37.9 Å². The van der Waals surface area contributed by atoms with E-state index in [1.54, 1.807) is 18.2 Å². The third-order valence-electron chi connectivity index (χ3n) is 11.3. The summed E-state index contributed by atoms with van der Waals surface area (Å²) < 4.78 is 32.7. The second kappa shape index (κ2) is 36.2. The smallest absolute Gasteiger partial charge is 0.472 e. The van der Waals surface area contributed by atoms with Crippen molar-refractivity contribution >= 4 is 25.7 Å². The molecule has 1 fully saturated rings. The van der Waals surface area contributed by atoms with E-state index in [0.29, 0.717) is 19.3 Å². The van der Waals surface area contributed by atoms with Gasteiger partial charge in [0, 0.05) is 18.8 Å². The van der Waals surface area contributed by atoms with Crippen molar-refractivity contribution in [3.63, 3.8) is 0 Å². The lowest BCUT2D eigenvalue weighted by Gasteiger charge is -2.20. The monoisotopic (exact) mass is 890 g/mol. The van der Waals surface area contributed by atoms with E-state index in [4.69, 9.17) is 24.8 Å². The molecule has 0 saturated heterocycles. The molecule has 0 amide bonds. The fourth-order valence-corrected chi connectivity index (χ4v) is 8.29. The Balaban J connectivity index is 2.47. The van der Waals surface area contributed by atoms with E-state index in [9.17, 15) is 39.2 Å². The quantitative estimate of drug-likeness (QED) is 0.0146. The molecule has 1 unspecified atom stereocenters. The lowest BCUT2D eigenvalue weighted by molar-refractivity contribution is -0.160. The van der Waals surface area contributed by atoms with Crippen LogP contribution < -0.4 is 5.73 Å². The third kappa shape index (κ3) is 30.5. The summed E-state index contributed by atoms with van der Waals surface area (Å²) in [6, 6.07) is -1.57. The van der Waals surface area contributed by atoms with Gasteiger partial charge in [-0.05, 0) is 25.2 Å². The molecule has 8 atom stereocenters. The van der Waals surface area contributed by atoms with Gasteiger partial charge in [-0.3, -0.25) is 23.4 Å². The fourth-order valence-electron chi connectivity index (χ4n) is 7.51. The van der Waals surface area contributed by atoms with Crippen LogP contribution in [-0.4, -0.2) is 93.5 Å². The fraction of sp³-hybridized carbons (Fsp3) is 0.848. The minimum atomic E-state index is -4.81. The molecule has 0 aromatic heterocycles. The van der Waals surface area contributed by atoms with E-state index < -0.39 is 76.0 Å². The molecule has 7 N–H and O–H groups in total. The van der Waals surface area contributed by atoms with Gasteiger partial charge in [-0.1, -0.05) is 173 Å². The Morgan fingerprint density at radius 1 is 0.705 bits per heavy atom. The summed E-state index contributed by atoms with van der Waals surface area (Å²) in [5, 5.41) is 40.3. The molecule has 1 aliphatic rings. The number of nitrogens with two attached hydrogens (primary N) is 1. The van der Waals surface area contributed by atoms with Gasteiger partial charge in [-0.15, -0.1) is 0 Å². The molecule has 0 bridgehead atoms. The Hall–Kier alpha value is -2.16. The second-order valence-corrected chi connectivity index (χ2v) is 18.3. The number of ether oxygens (including phenoxy) is 2. The summed E-state index contributed by atoms with van der Waals surface area (Å²) in [7, 11) is -4.81. The number of hydrogen-bond donors (Lipinski definition) is 6. The number of carboxylic acids is 1. The summed E-state index contributed by atoms with van der Waals surface area (Å²) in [6.45, 7) is 2.39. The Labute approximate surface area is 367 Å². The molecule has 356 valence electrons. The molecule has 1 aliphatic carbocycles. The lowest BCUT2D eigenvalue weighted by atomic mass is 9.89. The number of phosphoric acid groups is 1. The minimum absolute atomic E-state index is 0.160. The summed E-state index contributed by atoms with van der Waals surface area (Å²) in [6.07, 6.45) is 30.9. The molecule has 15 heteroatoms. The molecular weight excluding hydrogens is 805 g/mol. The Morgan fingerprint density at radius 2 is 1.21 bits per heavy atom. The maximum absolute atomic E-state index is 12.8. The first-order valence-electron chi connectivity index (χ1n) is 23.6. The van der Waals surface area contributed by atoms with Gasteiger partial charge in [0.1, 0.15) is 12.6 Å². The molecule has 0 radical (unpaired) electrons. The van der Waals surface area contributed by atoms with Crippen LogP contribution in [0.5, 0.6) is 0 Å². The number of aliphatic hydroxyl groups is 3. The molecule has 0 aromatic carbocycles. The molecule has 14 nitrogen and oxygen atoms in total. The van der Waals surface area contributed by atoms with Crippen LogP contribution in [0.15, 0.2) is 24.3 Å². The highest BCUT2D eigenvalue weighted by atomic mass is 31.2. The van der Waals surface area contributed by atoms with Crippen LogP contribution in [0, 0.1) is 11.8 Å². The minimum Gasteiger partial charge on any atom is -0.480 e. The number of carbonyl (C=O) groups excluding carboxylic acids is 2. The number of esters is 2. The number of aliphatic hydroxyl groups excluding tert-OH is 3. The van der Waals surface area contributed by atoms with E-state index >= 15 is 0 Å². The Kier molecular flexibility index (Phi) is 33.7. The standard InChI is InChI=1S/C46H84NO13P/c1-3-5-7-8-9-10-11-12-13-14-15-16-17-18-19-20-21-22-24-29-44(51)57-34-38(35-58-61(55,56)59-36-41(47)46(53)54)60-45(52)30-26-25-28-39-40(43(50)33-42(39)49)32-31-37(48)27-23-6-4-2/h25-26,31-32,37-43,48-50H,3-24,27-30,33-36,47H2,1-2H3,(H,53,54)(H,55,56)/b26-25-,32-31+/t37-,38-,39+,40-,41+,42+,43-/m1/s1. The topological polar surface area (TPSA) is 232 Å². The lowest BCUT2D eigenvalue weighted by Crippen LogP contribution is -2.34. The normalized spacial score (nSPS) is 20.5. The number of hydrogen-bond acceptors (Lipinski definition) is 12. The highest BCUT2D eigenvalue weighted by molar-refractivity contribution is 7.47. The molecule has 1 rings (SSSR count). The van der Waals surface area contributed by atoms with Crippen LogP contribution in [0.3, 0.4) is 0 Å².